The van der Waals surface area contributed by atoms with Crippen LogP contribution < -0.4 is 5.32 Å². The van der Waals surface area contributed by atoms with Gasteiger partial charge in [0.1, 0.15) is 10.0 Å². The quantitative estimate of drug-likeness (QED) is 0.783. The largest absolute Gasteiger partial charge is 0.312 e. The maximum absolute atomic E-state index is 4.47. The molecule has 72 valence electrons. The lowest BCUT2D eigenvalue weighted by molar-refractivity contribution is 0.324. The van der Waals surface area contributed by atoms with Gasteiger partial charge in [-0.15, -0.1) is 0 Å². The van der Waals surface area contributed by atoms with Crippen molar-refractivity contribution in [3.05, 3.63) is 16.2 Å². The molecule has 0 aromatic carbocycles. The van der Waals surface area contributed by atoms with E-state index in [9.17, 15) is 0 Å². The minimum atomic E-state index is 0.455. The summed E-state index contributed by atoms with van der Waals surface area (Å²) in [7, 11) is 0. The standard InChI is InChI=1S/C8H8IN5/c9-7-6-3-11-4-12-8(6)14(13-7)5-1-10-2-5/h3-5,10H,1-2H2. The van der Waals surface area contributed by atoms with Crippen LogP contribution in [0.4, 0.5) is 0 Å². The molecule has 2 aromatic rings. The highest BCUT2D eigenvalue weighted by atomic mass is 127. The molecule has 3 heterocycles. The minimum Gasteiger partial charge on any atom is -0.312 e. The summed E-state index contributed by atoms with van der Waals surface area (Å²) in [6.07, 6.45) is 3.39. The van der Waals surface area contributed by atoms with Crippen molar-refractivity contribution in [1.29, 1.82) is 0 Å². The fourth-order valence-corrected chi connectivity index (χ4v) is 2.16. The predicted molar refractivity (Wildman–Crippen MR) is 59.9 cm³/mol. The molecule has 1 aliphatic heterocycles. The number of nitrogens with one attached hydrogen (secondary N) is 1. The molecule has 0 amide bonds. The molecule has 2 aromatic heterocycles. The molecular formula is C8H8IN5. The van der Waals surface area contributed by atoms with Gasteiger partial charge in [0.25, 0.3) is 0 Å². The Morgan fingerprint density at radius 2 is 2.36 bits per heavy atom. The third kappa shape index (κ3) is 1.13. The Bertz CT molecular complexity index is 476. The van der Waals surface area contributed by atoms with E-state index in [1.165, 1.54) is 0 Å². The lowest BCUT2D eigenvalue weighted by Crippen LogP contribution is -2.43. The summed E-state index contributed by atoms with van der Waals surface area (Å²) in [4.78, 5) is 8.27. The Balaban J connectivity index is 2.23. The zero-order valence-electron chi connectivity index (χ0n) is 7.31. The Kier molecular flexibility index (Phi) is 1.91. The maximum atomic E-state index is 4.47. The second kappa shape index (κ2) is 3.13. The van der Waals surface area contributed by atoms with Gasteiger partial charge in [0.15, 0.2) is 5.65 Å². The molecule has 1 fully saturated rings. The molecule has 3 rings (SSSR count). The van der Waals surface area contributed by atoms with Gasteiger partial charge >= 0.3 is 0 Å². The van der Waals surface area contributed by atoms with Crippen LogP contribution in [0.2, 0.25) is 0 Å². The van der Waals surface area contributed by atoms with Crippen molar-refractivity contribution in [1.82, 2.24) is 25.1 Å². The molecule has 6 heteroatoms. The van der Waals surface area contributed by atoms with Gasteiger partial charge in [-0.1, -0.05) is 0 Å². The summed E-state index contributed by atoms with van der Waals surface area (Å²) in [5.74, 6) is 0. The first kappa shape index (κ1) is 8.54. The summed E-state index contributed by atoms with van der Waals surface area (Å²) in [6.45, 7) is 1.97. The normalized spacial score (nSPS) is 17.2. The van der Waals surface area contributed by atoms with Crippen LogP contribution in [0.1, 0.15) is 6.04 Å². The van der Waals surface area contributed by atoms with E-state index in [1.807, 2.05) is 10.9 Å². The number of aromatic nitrogens is 4. The molecule has 1 saturated heterocycles. The van der Waals surface area contributed by atoms with E-state index in [4.69, 9.17) is 0 Å². The van der Waals surface area contributed by atoms with Crippen molar-refractivity contribution in [2.45, 2.75) is 6.04 Å². The average molecular weight is 301 g/mol. The number of hydrogen-bond acceptors (Lipinski definition) is 4. The van der Waals surface area contributed by atoms with Crippen LogP contribution in [-0.4, -0.2) is 32.8 Å². The topological polar surface area (TPSA) is 55.6 Å². The van der Waals surface area contributed by atoms with Crippen LogP contribution >= 0.6 is 22.6 Å². The van der Waals surface area contributed by atoms with E-state index in [1.54, 1.807) is 6.33 Å². The van der Waals surface area contributed by atoms with E-state index in [-0.39, 0.29) is 0 Å². The predicted octanol–water partition coefficient (Wildman–Crippen LogP) is 0.575. The molecule has 1 aliphatic rings. The van der Waals surface area contributed by atoms with Gasteiger partial charge in [0.2, 0.25) is 0 Å². The van der Waals surface area contributed by atoms with E-state index in [0.717, 1.165) is 27.8 Å². The number of nitrogens with zero attached hydrogens (tertiary/aromatic N) is 4. The van der Waals surface area contributed by atoms with Gasteiger partial charge in [-0.05, 0) is 22.6 Å². The summed E-state index contributed by atoms with van der Waals surface area (Å²) in [5, 5.41) is 8.74. The molecule has 1 N–H and O–H groups in total. The van der Waals surface area contributed by atoms with Gasteiger partial charge in [-0.2, -0.15) is 5.10 Å². The Morgan fingerprint density at radius 3 is 3.07 bits per heavy atom. The lowest BCUT2D eigenvalue weighted by Gasteiger charge is -2.27. The van der Waals surface area contributed by atoms with Gasteiger partial charge in [0.05, 0.1) is 11.4 Å². The van der Waals surface area contributed by atoms with Crippen molar-refractivity contribution >= 4 is 33.6 Å². The number of rotatable bonds is 1. The molecule has 0 saturated carbocycles. The minimum absolute atomic E-state index is 0.455. The molecule has 0 aliphatic carbocycles. The molecular weight excluding hydrogens is 293 g/mol. The highest BCUT2D eigenvalue weighted by molar-refractivity contribution is 14.1. The first-order valence-electron chi connectivity index (χ1n) is 4.40. The van der Waals surface area contributed by atoms with Crippen LogP contribution in [0.15, 0.2) is 12.5 Å². The summed E-state index contributed by atoms with van der Waals surface area (Å²) >= 11 is 2.22. The van der Waals surface area contributed by atoms with Crippen molar-refractivity contribution in [3.63, 3.8) is 0 Å². The number of hydrogen-bond donors (Lipinski definition) is 1. The van der Waals surface area contributed by atoms with Crippen molar-refractivity contribution in [2.24, 2.45) is 0 Å². The number of fused-ring (bicyclic) bond motifs is 1. The lowest BCUT2D eigenvalue weighted by atomic mass is 10.2. The van der Waals surface area contributed by atoms with E-state index in [0.29, 0.717) is 6.04 Å². The van der Waals surface area contributed by atoms with Crippen LogP contribution in [0, 0.1) is 3.70 Å². The summed E-state index contributed by atoms with van der Waals surface area (Å²) < 4.78 is 2.97. The van der Waals surface area contributed by atoms with Crippen LogP contribution in [-0.2, 0) is 0 Å². The number of halogens is 1. The monoisotopic (exact) mass is 301 g/mol. The van der Waals surface area contributed by atoms with Crippen LogP contribution in [0.25, 0.3) is 11.0 Å². The van der Waals surface area contributed by atoms with Crippen molar-refractivity contribution in [2.75, 3.05) is 13.1 Å². The molecule has 0 radical (unpaired) electrons. The first-order valence-corrected chi connectivity index (χ1v) is 5.48. The van der Waals surface area contributed by atoms with Gasteiger partial charge in [-0.3, -0.25) is 0 Å². The highest BCUT2D eigenvalue weighted by Gasteiger charge is 2.23. The highest BCUT2D eigenvalue weighted by Crippen LogP contribution is 2.21. The fourth-order valence-electron chi connectivity index (χ4n) is 1.55. The summed E-state index contributed by atoms with van der Waals surface area (Å²) in [5.41, 5.74) is 0.941. The van der Waals surface area contributed by atoms with Gasteiger partial charge in [0, 0.05) is 19.3 Å². The smallest absolute Gasteiger partial charge is 0.162 e. The molecule has 0 bridgehead atoms. The molecule has 5 nitrogen and oxygen atoms in total. The molecule has 0 unspecified atom stereocenters. The Hall–Kier alpha value is -0.760. The Morgan fingerprint density at radius 1 is 1.50 bits per heavy atom. The zero-order valence-corrected chi connectivity index (χ0v) is 9.47. The third-order valence-electron chi connectivity index (χ3n) is 2.43. The van der Waals surface area contributed by atoms with Crippen molar-refractivity contribution < 1.29 is 0 Å². The third-order valence-corrected chi connectivity index (χ3v) is 3.23. The maximum Gasteiger partial charge on any atom is 0.162 e. The molecule has 14 heavy (non-hydrogen) atoms. The van der Waals surface area contributed by atoms with Crippen molar-refractivity contribution in [3.8, 4) is 0 Å². The fraction of sp³-hybridized carbons (Fsp3) is 0.375. The van der Waals surface area contributed by atoms with Gasteiger partial charge in [-0.25, -0.2) is 14.6 Å². The van der Waals surface area contributed by atoms with Crippen LogP contribution in [0.5, 0.6) is 0 Å². The van der Waals surface area contributed by atoms with Gasteiger partial charge < -0.3 is 5.32 Å². The van der Waals surface area contributed by atoms with E-state index >= 15 is 0 Å². The molecule has 0 atom stereocenters. The Labute approximate surface area is 94.1 Å². The second-order valence-electron chi connectivity index (χ2n) is 3.31. The second-order valence-corrected chi connectivity index (χ2v) is 4.33. The van der Waals surface area contributed by atoms with E-state index in [2.05, 4.69) is 43.0 Å². The first-order chi connectivity index (χ1) is 6.86. The average Bonchev–Trinajstić information content (AvgIpc) is 2.43. The SMILES string of the molecule is Ic1nn(C2CNC2)c2ncncc12. The zero-order chi connectivity index (χ0) is 9.54. The van der Waals surface area contributed by atoms with E-state index < -0.39 is 0 Å². The molecule has 0 spiro atoms. The van der Waals surface area contributed by atoms with Crippen LogP contribution in [0.3, 0.4) is 0 Å². The summed E-state index contributed by atoms with van der Waals surface area (Å²) in [6, 6.07) is 0.455.